The molecule has 0 amide bonds. The molecule has 1 aromatic rings. The van der Waals surface area contributed by atoms with Gasteiger partial charge < -0.3 is 20.4 Å². The van der Waals surface area contributed by atoms with Crippen molar-refractivity contribution in [2.45, 2.75) is 33.1 Å². The number of hydrogen-bond donors (Lipinski definition) is 2. The van der Waals surface area contributed by atoms with Crippen LogP contribution in [0.3, 0.4) is 0 Å². The van der Waals surface area contributed by atoms with Crippen molar-refractivity contribution in [3.05, 3.63) is 16.1 Å². The summed E-state index contributed by atoms with van der Waals surface area (Å²) in [6, 6.07) is 0. The number of rotatable bonds is 8. The van der Waals surface area contributed by atoms with Gasteiger partial charge in [0.25, 0.3) is 0 Å². The minimum atomic E-state index is 0.869. The molecule has 0 saturated carbocycles. The highest BCUT2D eigenvalue weighted by Crippen LogP contribution is 2.07. The van der Waals surface area contributed by atoms with Crippen LogP contribution in [0.1, 0.15) is 30.5 Å². The highest BCUT2D eigenvalue weighted by atomic mass is 32.1. The second kappa shape index (κ2) is 11.4. The maximum absolute atomic E-state index is 4.71. The lowest BCUT2D eigenvalue weighted by Crippen LogP contribution is -2.38. The molecule has 0 aliphatic carbocycles. The van der Waals surface area contributed by atoms with Gasteiger partial charge in [-0.25, -0.2) is 4.98 Å². The van der Waals surface area contributed by atoms with Crippen molar-refractivity contribution in [3.63, 3.8) is 0 Å². The van der Waals surface area contributed by atoms with Crippen molar-refractivity contribution >= 4 is 17.3 Å². The average molecular weight is 367 g/mol. The molecule has 25 heavy (non-hydrogen) atoms. The lowest BCUT2D eigenvalue weighted by molar-refractivity contribution is 0.275. The maximum atomic E-state index is 4.71. The number of likely N-dealkylation sites (N-methyl/N-ethyl adjacent to an activating group) is 1. The molecule has 0 aromatic carbocycles. The third-order valence-corrected chi connectivity index (χ3v) is 5.22. The Hall–Kier alpha value is -1.18. The molecule has 2 rings (SSSR count). The number of nitrogens with one attached hydrogen (secondary N) is 2. The summed E-state index contributed by atoms with van der Waals surface area (Å²) in [5, 5.41) is 10.0. The fourth-order valence-electron chi connectivity index (χ4n) is 2.98. The van der Waals surface area contributed by atoms with Gasteiger partial charge in [-0.05, 0) is 53.4 Å². The summed E-state index contributed by atoms with van der Waals surface area (Å²) < 4.78 is 0. The molecule has 2 N–H and O–H groups in total. The first-order valence-electron chi connectivity index (χ1n) is 9.51. The molecule has 1 aliphatic heterocycles. The zero-order valence-electron chi connectivity index (χ0n) is 16.1. The number of guanidine groups is 1. The Balaban J connectivity index is 1.66. The third-order valence-electron chi connectivity index (χ3n) is 4.40. The number of aliphatic imine (C=N–C) groups is 1. The number of aromatic nitrogens is 1. The predicted molar refractivity (Wildman–Crippen MR) is 108 cm³/mol. The highest BCUT2D eigenvalue weighted by Gasteiger charge is 2.11. The van der Waals surface area contributed by atoms with E-state index in [4.69, 9.17) is 4.99 Å². The van der Waals surface area contributed by atoms with Crippen LogP contribution in [0.4, 0.5) is 0 Å². The summed E-state index contributed by atoms with van der Waals surface area (Å²) in [6.45, 7) is 12.8. The Bertz CT molecular complexity index is 515. The number of nitrogens with zero attached hydrogens (tertiary/aromatic N) is 4. The zero-order chi connectivity index (χ0) is 17.9. The first kappa shape index (κ1) is 20.1. The van der Waals surface area contributed by atoms with E-state index in [1.54, 1.807) is 11.3 Å². The van der Waals surface area contributed by atoms with E-state index in [0.29, 0.717) is 0 Å². The van der Waals surface area contributed by atoms with E-state index in [2.05, 4.69) is 51.7 Å². The largest absolute Gasteiger partial charge is 0.357 e. The van der Waals surface area contributed by atoms with Gasteiger partial charge in [-0.15, -0.1) is 11.3 Å². The maximum Gasteiger partial charge on any atom is 0.191 e. The second-order valence-corrected chi connectivity index (χ2v) is 7.71. The van der Waals surface area contributed by atoms with Gasteiger partial charge in [0.15, 0.2) is 5.96 Å². The Morgan fingerprint density at radius 1 is 1.28 bits per heavy atom. The fourth-order valence-corrected chi connectivity index (χ4v) is 3.63. The molecule has 1 aliphatic rings. The standard InChI is InChI=1S/C18H34N6S/c1-4-19-18(21-9-7-17-15-25-16(2)22-17)20-8-5-11-24-12-6-10-23(3)13-14-24/h15H,4-14H2,1-3H3,(H2,19,20,21). The van der Waals surface area contributed by atoms with Crippen LogP contribution in [-0.2, 0) is 6.42 Å². The molecule has 6 nitrogen and oxygen atoms in total. The summed E-state index contributed by atoms with van der Waals surface area (Å²) in [4.78, 5) is 14.2. The van der Waals surface area contributed by atoms with Crippen LogP contribution in [0.2, 0.25) is 0 Å². The van der Waals surface area contributed by atoms with E-state index in [-0.39, 0.29) is 0 Å². The summed E-state index contributed by atoms with van der Waals surface area (Å²) >= 11 is 1.71. The van der Waals surface area contributed by atoms with E-state index in [0.717, 1.165) is 55.7 Å². The van der Waals surface area contributed by atoms with Crippen LogP contribution in [-0.4, -0.2) is 80.1 Å². The van der Waals surface area contributed by atoms with Crippen molar-refractivity contribution in [1.82, 2.24) is 25.4 Å². The molecule has 2 heterocycles. The zero-order valence-corrected chi connectivity index (χ0v) is 16.9. The first-order chi connectivity index (χ1) is 12.2. The number of aryl methyl sites for hydroxylation is 1. The highest BCUT2D eigenvalue weighted by molar-refractivity contribution is 7.09. The minimum absolute atomic E-state index is 0.869. The van der Waals surface area contributed by atoms with Crippen molar-refractivity contribution in [2.75, 3.05) is 59.4 Å². The van der Waals surface area contributed by atoms with Gasteiger partial charge in [0.2, 0.25) is 0 Å². The van der Waals surface area contributed by atoms with Crippen LogP contribution < -0.4 is 10.6 Å². The molecule has 1 saturated heterocycles. The molecular weight excluding hydrogens is 332 g/mol. The van der Waals surface area contributed by atoms with Crippen LogP contribution >= 0.6 is 11.3 Å². The van der Waals surface area contributed by atoms with Crippen molar-refractivity contribution in [2.24, 2.45) is 4.99 Å². The van der Waals surface area contributed by atoms with Gasteiger partial charge in [-0.1, -0.05) is 0 Å². The van der Waals surface area contributed by atoms with Crippen LogP contribution in [0.15, 0.2) is 10.4 Å². The Morgan fingerprint density at radius 3 is 2.92 bits per heavy atom. The molecule has 7 heteroatoms. The smallest absolute Gasteiger partial charge is 0.191 e. The van der Waals surface area contributed by atoms with E-state index >= 15 is 0 Å². The molecule has 0 bridgehead atoms. The van der Waals surface area contributed by atoms with Crippen LogP contribution in [0.25, 0.3) is 0 Å². The van der Waals surface area contributed by atoms with Crippen molar-refractivity contribution in [1.29, 1.82) is 0 Å². The van der Waals surface area contributed by atoms with Gasteiger partial charge in [0.1, 0.15) is 0 Å². The van der Waals surface area contributed by atoms with Crippen LogP contribution in [0.5, 0.6) is 0 Å². The number of hydrogen-bond acceptors (Lipinski definition) is 5. The Morgan fingerprint density at radius 2 is 2.16 bits per heavy atom. The summed E-state index contributed by atoms with van der Waals surface area (Å²) in [7, 11) is 2.22. The molecule has 0 unspecified atom stereocenters. The first-order valence-corrected chi connectivity index (χ1v) is 10.4. The summed E-state index contributed by atoms with van der Waals surface area (Å²) in [5.41, 5.74) is 1.16. The van der Waals surface area contributed by atoms with Crippen LogP contribution in [0, 0.1) is 6.92 Å². The van der Waals surface area contributed by atoms with Gasteiger partial charge >= 0.3 is 0 Å². The molecular formula is C18H34N6S. The Kier molecular flexibility index (Phi) is 9.21. The summed E-state index contributed by atoms with van der Waals surface area (Å²) in [5.74, 6) is 0.921. The minimum Gasteiger partial charge on any atom is -0.357 e. The predicted octanol–water partition coefficient (Wildman–Crippen LogP) is 1.58. The molecule has 142 valence electrons. The third kappa shape index (κ3) is 8.16. The van der Waals surface area contributed by atoms with Crippen molar-refractivity contribution < 1.29 is 0 Å². The molecule has 0 radical (unpaired) electrons. The number of thiazole rings is 1. The lowest BCUT2D eigenvalue weighted by Gasteiger charge is -2.19. The lowest BCUT2D eigenvalue weighted by atomic mass is 10.3. The molecule has 0 atom stereocenters. The van der Waals surface area contributed by atoms with E-state index in [1.807, 2.05) is 0 Å². The van der Waals surface area contributed by atoms with E-state index in [1.165, 1.54) is 32.6 Å². The van der Waals surface area contributed by atoms with Gasteiger partial charge in [-0.2, -0.15) is 0 Å². The fraction of sp³-hybridized carbons (Fsp3) is 0.778. The van der Waals surface area contributed by atoms with E-state index in [9.17, 15) is 0 Å². The second-order valence-electron chi connectivity index (χ2n) is 6.65. The molecule has 1 aromatic heterocycles. The van der Waals surface area contributed by atoms with E-state index < -0.39 is 0 Å². The van der Waals surface area contributed by atoms with Gasteiger partial charge in [0, 0.05) is 44.5 Å². The van der Waals surface area contributed by atoms with Gasteiger partial charge in [0.05, 0.1) is 10.7 Å². The molecule has 0 spiro atoms. The Labute approximate surface area is 156 Å². The summed E-state index contributed by atoms with van der Waals surface area (Å²) in [6.07, 6.45) is 3.33. The monoisotopic (exact) mass is 366 g/mol. The van der Waals surface area contributed by atoms with Gasteiger partial charge in [-0.3, -0.25) is 4.99 Å². The topological polar surface area (TPSA) is 55.8 Å². The normalized spacial score (nSPS) is 17.5. The quantitative estimate of drug-likeness (QED) is 0.416. The van der Waals surface area contributed by atoms with Crippen molar-refractivity contribution in [3.8, 4) is 0 Å². The SMILES string of the molecule is CCNC(=NCCCN1CCCN(C)CC1)NCCc1csc(C)n1. The average Bonchev–Trinajstić information content (AvgIpc) is 2.89. The molecule has 1 fully saturated rings.